The van der Waals surface area contributed by atoms with Gasteiger partial charge in [-0.25, -0.2) is 0 Å². The monoisotopic (exact) mass is 231 g/mol. The van der Waals surface area contributed by atoms with Crippen LogP contribution in [0.4, 0.5) is 0 Å². The molecular weight excluding hydrogens is 206 g/mol. The van der Waals surface area contributed by atoms with Crippen molar-refractivity contribution in [2.24, 2.45) is 0 Å². The highest BCUT2D eigenvalue weighted by atomic mass is 15.0. The molecule has 1 aliphatic heterocycles. The standard InChI is InChI=1S/C16H25N/c1-6-15-14(9-13(5)17-15)16-11(3)7-10(2)8-12(16)4/h7-8,13-15,17H,6,9H2,1-5H3. The number of benzene rings is 1. The molecule has 0 aliphatic carbocycles. The molecule has 3 atom stereocenters. The number of hydrogen-bond donors (Lipinski definition) is 1. The van der Waals surface area contributed by atoms with Gasteiger partial charge in [0.05, 0.1) is 0 Å². The normalized spacial score (nSPS) is 28.6. The fraction of sp³-hybridized carbons (Fsp3) is 0.625. The molecule has 0 radical (unpaired) electrons. The van der Waals surface area contributed by atoms with Crippen molar-refractivity contribution >= 4 is 0 Å². The van der Waals surface area contributed by atoms with E-state index in [0.717, 1.165) is 0 Å². The first kappa shape index (κ1) is 12.6. The Morgan fingerprint density at radius 2 is 1.76 bits per heavy atom. The summed E-state index contributed by atoms with van der Waals surface area (Å²) in [6, 6.07) is 5.98. The van der Waals surface area contributed by atoms with Crippen molar-refractivity contribution in [3.63, 3.8) is 0 Å². The van der Waals surface area contributed by atoms with E-state index in [1.54, 1.807) is 5.56 Å². The fourth-order valence-corrected chi connectivity index (χ4v) is 3.59. The van der Waals surface area contributed by atoms with Gasteiger partial charge in [-0.1, -0.05) is 24.6 Å². The minimum atomic E-state index is 0.657. The summed E-state index contributed by atoms with van der Waals surface area (Å²) in [5.74, 6) is 0.704. The van der Waals surface area contributed by atoms with Gasteiger partial charge < -0.3 is 5.32 Å². The van der Waals surface area contributed by atoms with Crippen LogP contribution in [0.1, 0.15) is 54.9 Å². The van der Waals surface area contributed by atoms with Gasteiger partial charge in [-0.2, -0.15) is 0 Å². The summed E-state index contributed by atoms with van der Waals surface area (Å²) < 4.78 is 0. The molecule has 2 rings (SSSR count). The van der Waals surface area contributed by atoms with Gasteiger partial charge >= 0.3 is 0 Å². The lowest BCUT2D eigenvalue weighted by Crippen LogP contribution is -2.29. The molecule has 1 heteroatoms. The summed E-state index contributed by atoms with van der Waals surface area (Å²) >= 11 is 0. The molecule has 1 saturated heterocycles. The van der Waals surface area contributed by atoms with Crippen LogP contribution in [0.5, 0.6) is 0 Å². The lowest BCUT2D eigenvalue weighted by molar-refractivity contribution is 0.515. The molecule has 1 fully saturated rings. The van der Waals surface area contributed by atoms with E-state index in [0.29, 0.717) is 18.0 Å². The highest BCUT2D eigenvalue weighted by Crippen LogP contribution is 2.36. The zero-order chi connectivity index (χ0) is 12.6. The van der Waals surface area contributed by atoms with Crippen molar-refractivity contribution < 1.29 is 0 Å². The van der Waals surface area contributed by atoms with Gasteiger partial charge in [0, 0.05) is 18.0 Å². The zero-order valence-electron chi connectivity index (χ0n) is 11.8. The lowest BCUT2D eigenvalue weighted by Gasteiger charge is -2.23. The van der Waals surface area contributed by atoms with Crippen molar-refractivity contribution in [3.05, 3.63) is 34.4 Å². The summed E-state index contributed by atoms with van der Waals surface area (Å²) in [7, 11) is 0. The van der Waals surface area contributed by atoms with Crippen LogP contribution >= 0.6 is 0 Å². The number of aryl methyl sites for hydroxylation is 3. The van der Waals surface area contributed by atoms with Gasteiger partial charge in [-0.15, -0.1) is 0 Å². The molecule has 94 valence electrons. The maximum absolute atomic E-state index is 3.72. The molecule has 1 aliphatic rings. The van der Waals surface area contributed by atoms with E-state index in [-0.39, 0.29) is 0 Å². The van der Waals surface area contributed by atoms with E-state index in [1.807, 2.05) is 0 Å². The predicted molar refractivity (Wildman–Crippen MR) is 74.7 cm³/mol. The minimum absolute atomic E-state index is 0.657. The van der Waals surface area contributed by atoms with Gasteiger partial charge in [-0.3, -0.25) is 0 Å². The van der Waals surface area contributed by atoms with Crippen molar-refractivity contribution in [2.45, 2.75) is 65.5 Å². The third-order valence-corrected chi connectivity index (χ3v) is 4.14. The zero-order valence-corrected chi connectivity index (χ0v) is 11.8. The van der Waals surface area contributed by atoms with Crippen molar-refractivity contribution in [2.75, 3.05) is 0 Å². The Bertz CT molecular complexity index is 385. The second-order valence-electron chi connectivity index (χ2n) is 5.74. The Labute approximate surface area is 106 Å². The van der Waals surface area contributed by atoms with Crippen molar-refractivity contribution in [1.29, 1.82) is 0 Å². The van der Waals surface area contributed by atoms with E-state index >= 15 is 0 Å². The molecule has 0 bridgehead atoms. The van der Waals surface area contributed by atoms with E-state index < -0.39 is 0 Å². The van der Waals surface area contributed by atoms with Crippen LogP contribution in [-0.2, 0) is 0 Å². The summed E-state index contributed by atoms with van der Waals surface area (Å²) in [5.41, 5.74) is 5.93. The Kier molecular flexibility index (Phi) is 3.58. The van der Waals surface area contributed by atoms with Crippen LogP contribution in [0.2, 0.25) is 0 Å². The van der Waals surface area contributed by atoms with E-state index in [1.165, 1.54) is 29.5 Å². The summed E-state index contributed by atoms with van der Waals surface area (Å²) in [5, 5.41) is 3.72. The maximum atomic E-state index is 3.72. The molecule has 1 heterocycles. The number of rotatable bonds is 2. The van der Waals surface area contributed by atoms with Crippen LogP contribution in [0.15, 0.2) is 12.1 Å². The minimum Gasteiger partial charge on any atom is -0.311 e. The molecule has 1 aromatic rings. The number of hydrogen-bond acceptors (Lipinski definition) is 1. The topological polar surface area (TPSA) is 12.0 Å². The third-order valence-electron chi connectivity index (χ3n) is 4.14. The van der Waals surface area contributed by atoms with Crippen LogP contribution in [0, 0.1) is 20.8 Å². The highest BCUT2D eigenvalue weighted by molar-refractivity contribution is 5.41. The van der Waals surface area contributed by atoms with E-state index in [2.05, 4.69) is 52.1 Å². The smallest absolute Gasteiger partial charge is 0.0136 e. The summed E-state index contributed by atoms with van der Waals surface area (Å²) in [6.07, 6.45) is 2.50. The largest absolute Gasteiger partial charge is 0.311 e. The second kappa shape index (κ2) is 4.81. The maximum Gasteiger partial charge on any atom is 0.0136 e. The van der Waals surface area contributed by atoms with Crippen LogP contribution in [0.25, 0.3) is 0 Å². The Balaban J connectivity index is 2.40. The molecule has 0 saturated carbocycles. The molecule has 1 aromatic carbocycles. The van der Waals surface area contributed by atoms with Gasteiger partial charge in [0.25, 0.3) is 0 Å². The first-order valence-corrected chi connectivity index (χ1v) is 6.86. The highest BCUT2D eigenvalue weighted by Gasteiger charge is 2.32. The fourth-order valence-electron chi connectivity index (χ4n) is 3.59. The SMILES string of the molecule is CCC1NC(C)CC1c1c(C)cc(C)cc1C. The summed E-state index contributed by atoms with van der Waals surface area (Å²) in [4.78, 5) is 0. The average Bonchev–Trinajstić information content (AvgIpc) is 2.58. The third kappa shape index (κ3) is 2.40. The molecule has 0 aromatic heterocycles. The Hall–Kier alpha value is -0.820. The van der Waals surface area contributed by atoms with E-state index in [9.17, 15) is 0 Å². The van der Waals surface area contributed by atoms with Gasteiger partial charge in [0.15, 0.2) is 0 Å². The Morgan fingerprint density at radius 3 is 2.29 bits per heavy atom. The van der Waals surface area contributed by atoms with Crippen LogP contribution in [0.3, 0.4) is 0 Å². The second-order valence-corrected chi connectivity index (χ2v) is 5.74. The van der Waals surface area contributed by atoms with Crippen molar-refractivity contribution in [1.82, 2.24) is 5.32 Å². The van der Waals surface area contributed by atoms with Crippen molar-refractivity contribution in [3.8, 4) is 0 Å². The van der Waals surface area contributed by atoms with Gasteiger partial charge in [0.2, 0.25) is 0 Å². The van der Waals surface area contributed by atoms with Crippen LogP contribution < -0.4 is 5.32 Å². The van der Waals surface area contributed by atoms with Crippen LogP contribution in [-0.4, -0.2) is 12.1 Å². The summed E-state index contributed by atoms with van der Waals surface area (Å²) in [6.45, 7) is 11.3. The first-order valence-electron chi connectivity index (χ1n) is 6.86. The predicted octanol–water partition coefficient (Wildman–Crippen LogP) is 3.86. The quantitative estimate of drug-likeness (QED) is 0.815. The average molecular weight is 231 g/mol. The molecular formula is C16H25N. The van der Waals surface area contributed by atoms with Gasteiger partial charge in [-0.05, 0) is 57.2 Å². The van der Waals surface area contributed by atoms with E-state index in [4.69, 9.17) is 0 Å². The molecule has 1 nitrogen and oxygen atoms in total. The first-order chi connectivity index (χ1) is 8.02. The van der Waals surface area contributed by atoms with Gasteiger partial charge in [0.1, 0.15) is 0 Å². The number of nitrogens with one attached hydrogen (secondary N) is 1. The lowest BCUT2D eigenvalue weighted by atomic mass is 9.83. The Morgan fingerprint density at radius 1 is 1.18 bits per heavy atom. The molecule has 17 heavy (non-hydrogen) atoms. The molecule has 3 unspecified atom stereocenters. The molecule has 1 N–H and O–H groups in total. The molecule has 0 amide bonds. The molecule has 0 spiro atoms.